The number of aliphatic hydroxyl groups excluding tert-OH is 1. The number of hydrogen-bond acceptors (Lipinski definition) is 4. The minimum absolute atomic E-state index is 0.0253. The number of rotatable bonds is 5. The van der Waals surface area contributed by atoms with E-state index in [1.54, 1.807) is 6.08 Å². The molecule has 0 aromatic rings. The molecule has 1 atom stereocenters. The highest BCUT2D eigenvalue weighted by molar-refractivity contribution is 5.78. The first kappa shape index (κ1) is 17.0. The number of nitrogens with zero attached hydrogens (tertiary/aromatic N) is 2. The minimum atomic E-state index is -0.751. The summed E-state index contributed by atoms with van der Waals surface area (Å²) in [5, 5.41) is 9.50. The van der Waals surface area contributed by atoms with Crippen LogP contribution in [-0.2, 0) is 9.59 Å². The van der Waals surface area contributed by atoms with Crippen molar-refractivity contribution in [2.24, 2.45) is 11.1 Å². The Morgan fingerprint density at radius 1 is 1.41 bits per heavy atom. The quantitative estimate of drug-likeness (QED) is 0.706. The van der Waals surface area contributed by atoms with E-state index in [9.17, 15) is 14.7 Å². The average Bonchev–Trinajstić information content (AvgIpc) is 2.52. The molecule has 2 aliphatic heterocycles. The number of likely N-dealkylation sites (tertiary alicyclic amines) is 2. The molecule has 2 amide bonds. The fourth-order valence-electron chi connectivity index (χ4n) is 3.48. The molecule has 2 saturated heterocycles. The van der Waals surface area contributed by atoms with Crippen LogP contribution in [0.15, 0.2) is 12.7 Å². The summed E-state index contributed by atoms with van der Waals surface area (Å²) in [6, 6.07) is 0. The lowest BCUT2D eigenvalue weighted by Gasteiger charge is -2.47. The summed E-state index contributed by atoms with van der Waals surface area (Å²) in [5.41, 5.74) is 5.49. The van der Waals surface area contributed by atoms with Crippen LogP contribution in [0.1, 0.15) is 32.1 Å². The van der Waals surface area contributed by atoms with Crippen LogP contribution in [0.25, 0.3) is 0 Å². The molecule has 22 heavy (non-hydrogen) atoms. The molecule has 0 bridgehead atoms. The van der Waals surface area contributed by atoms with Crippen LogP contribution in [0.4, 0.5) is 0 Å². The first-order chi connectivity index (χ1) is 10.5. The van der Waals surface area contributed by atoms with Crippen molar-refractivity contribution in [3.8, 4) is 0 Å². The van der Waals surface area contributed by atoms with Crippen molar-refractivity contribution in [1.82, 2.24) is 9.80 Å². The zero-order valence-corrected chi connectivity index (χ0v) is 13.2. The van der Waals surface area contributed by atoms with Crippen LogP contribution in [-0.4, -0.2) is 65.5 Å². The number of carbonyl (C=O) groups excluding carboxylic acids is 2. The van der Waals surface area contributed by atoms with E-state index in [4.69, 9.17) is 5.73 Å². The van der Waals surface area contributed by atoms with Gasteiger partial charge in [-0.25, -0.2) is 0 Å². The van der Waals surface area contributed by atoms with Gasteiger partial charge in [-0.3, -0.25) is 9.59 Å². The normalized spacial score (nSPS) is 22.7. The third-order valence-electron chi connectivity index (χ3n) is 4.96. The van der Waals surface area contributed by atoms with E-state index in [0.29, 0.717) is 26.1 Å². The molecular weight excluding hydrogens is 282 g/mol. The highest BCUT2D eigenvalue weighted by Gasteiger charge is 2.41. The number of carbonyl (C=O) groups is 2. The maximum atomic E-state index is 12.1. The molecule has 0 radical (unpaired) electrons. The zero-order valence-electron chi connectivity index (χ0n) is 13.2. The van der Waals surface area contributed by atoms with Gasteiger partial charge in [-0.1, -0.05) is 6.08 Å². The molecule has 0 aromatic heterocycles. The fourth-order valence-corrected chi connectivity index (χ4v) is 3.48. The number of amides is 2. The Balaban J connectivity index is 1.89. The van der Waals surface area contributed by atoms with Gasteiger partial charge in [0.25, 0.3) is 0 Å². The average molecular weight is 309 g/mol. The second-order valence-electron chi connectivity index (χ2n) is 6.54. The van der Waals surface area contributed by atoms with E-state index in [1.165, 1.54) is 0 Å². The summed E-state index contributed by atoms with van der Waals surface area (Å²) in [4.78, 5) is 27.7. The van der Waals surface area contributed by atoms with Crippen molar-refractivity contribution in [2.75, 3.05) is 32.7 Å². The van der Waals surface area contributed by atoms with Crippen LogP contribution in [0, 0.1) is 5.41 Å². The molecule has 1 spiro atoms. The Morgan fingerprint density at radius 2 is 2.09 bits per heavy atom. The van der Waals surface area contributed by atoms with E-state index < -0.39 is 6.10 Å². The lowest BCUT2D eigenvalue weighted by Crippen LogP contribution is -2.52. The molecule has 2 aliphatic rings. The molecule has 0 aliphatic carbocycles. The summed E-state index contributed by atoms with van der Waals surface area (Å²) in [6.07, 6.45) is 4.45. The molecule has 6 nitrogen and oxygen atoms in total. The molecule has 6 heteroatoms. The van der Waals surface area contributed by atoms with Crippen molar-refractivity contribution in [3.05, 3.63) is 12.7 Å². The van der Waals surface area contributed by atoms with E-state index >= 15 is 0 Å². The van der Waals surface area contributed by atoms with Crippen molar-refractivity contribution < 1.29 is 14.7 Å². The second kappa shape index (κ2) is 7.24. The molecule has 1 unspecified atom stereocenters. The predicted octanol–water partition coefficient (Wildman–Crippen LogP) is 0.113. The smallest absolute Gasteiger partial charge is 0.225 e. The number of piperidine rings is 2. The number of aliphatic hydroxyl groups is 1. The van der Waals surface area contributed by atoms with Crippen molar-refractivity contribution in [1.29, 1.82) is 0 Å². The summed E-state index contributed by atoms with van der Waals surface area (Å²) in [7, 11) is 0. The van der Waals surface area contributed by atoms with Gasteiger partial charge >= 0.3 is 0 Å². The van der Waals surface area contributed by atoms with Crippen molar-refractivity contribution >= 4 is 11.8 Å². The van der Waals surface area contributed by atoms with Gasteiger partial charge in [-0.2, -0.15) is 0 Å². The van der Waals surface area contributed by atoms with Gasteiger partial charge in [0.1, 0.15) is 0 Å². The van der Waals surface area contributed by atoms with Crippen molar-refractivity contribution in [2.45, 2.75) is 38.2 Å². The van der Waals surface area contributed by atoms with Crippen LogP contribution >= 0.6 is 0 Å². The Kier molecular flexibility index (Phi) is 5.58. The predicted molar refractivity (Wildman–Crippen MR) is 83.9 cm³/mol. The molecule has 2 rings (SSSR count). The highest BCUT2D eigenvalue weighted by atomic mass is 16.3. The summed E-state index contributed by atoms with van der Waals surface area (Å²) in [6.45, 7) is 6.60. The lowest BCUT2D eigenvalue weighted by molar-refractivity contribution is -0.142. The number of nitrogens with two attached hydrogens (primary N) is 1. The molecule has 0 aromatic carbocycles. The van der Waals surface area contributed by atoms with E-state index in [2.05, 4.69) is 6.58 Å². The molecule has 124 valence electrons. The standard InChI is InChI=1S/C16H27N3O3/c1-2-7-19-12-16(4-3-14(19)21)5-8-18(9-6-16)15(22)10-13(20)11-17/h2,13,20H,1,3-12,17H2. The topological polar surface area (TPSA) is 86.9 Å². The lowest BCUT2D eigenvalue weighted by atomic mass is 9.72. The summed E-state index contributed by atoms with van der Waals surface area (Å²) in [5.74, 6) is 0.178. The first-order valence-corrected chi connectivity index (χ1v) is 8.04. The maximum Gasteiger partial charge on any atom is 0.225 e. The van der Waals surface area contributed by atoms with Crippen LogP contribution < -0.4 is 5.73 Å². The Bertz CT molecular complexity index is 430. The summed E-state index contributed by atoms with van der Waals surface area (Å²) >= 11 is 0. The summed E-state index contributed by atoms with van der Waals surface area (Å²) < 4.78 is 0. The Morgan fingerprint density at radius 3 is 2.68 bits per heavy atom. The molecule has 2 heterocycles. The van der Waals surface area contributed by atoms with E-state index in [0.717, 1.165) is 25.8 Å². The fraction of sp³-hybridized carbons (Fsp3) is 0.750. The van der Waals surface area contributed by atoms with Crippen molar-refractivity contribution in [3.63, 3.8) is 0 Å². The van der Waals surface area contributed by atoms with Crippen LogP contribution in [0.5, 0.6) is 0 Å². The molecule has 0 saturated carbocycles. The zero-order chi connectivity index (χ0) is 16.2. The maximum absolute atomic E-state index is 12.1. The van der Waals surface area contributed by atoms with Gasteiger partial charge in [0.05, 0.1) is 12.5 Å². The van der Waals surface area contributed by atoms with Crippen LogP contribution in [0.2, 0.25) is 0 Å². The monoisotopic (exact) mass is 309 g/mol. The molecule has 2 fully saturated rings. The largest absolute Gasteiger partial charge is 0.391 e. The Hall–Kier alpha value is -1.40. The van der Waals surface area contributed by atoms with Gasteiger partial charge in [0.2, 0.25) is 11.8 Å². The van der Waals surface area contributed by atoms with E-state index in [1.807, 2.05) is 9.80 Å². The third-order valence-corrected chi connectivity index (χ3v) is 4.96. The van der Waals surface area contributed by atoms with Gasteiger partial charge in [-0.05, 0) is 24.7 Å². The molecule has 3 N–H and O–H groups in total. The second-order valence-corrected chi connectivity index (χ2v) is 6.54. The van der Waals surface area contributed by atoms with Gasteiger partial charge in [-0.15, -0.1) is 6.58 Å². The van der Waals surface area contributed by atoms with Gasteiger partial charge in [0.15, 0.2) is 0 Å². The SMILES string of the molecule is C=CCN1CC2(CCC1=O)CCN(C(=O)CC(O)CN)CC2. The van der Waals surface area contributed by atoms with Crippen LogP contribution in [0.3, 0.4) is 0 Å². The third kappa shape index (κ3) is 3.87. The minimum Gasteiger partial charge on any atom is -0.391 e. The van der Waals surface area contributed by atoms with E-state index in [-0.39, 0.29) is 30.2 Å². The Labute approximate surface area is 131 Å². The number of hydrogen-bond donors (Lipinski definition) is 2. The first-order valence-electron chi connectivity index (χ1n) is 8.04. The molecular formula is C16H27N3O3. The highest BCUT2D eigenvalue weighted by Crippen LogP contribution is 2.40. The van der Waals surface area contributed by atoms with Gasteiger partial charge < -0.3 is 20.6 Å². The van der Waals surface area contributed by atoms with Gasteiger partial charge in [0, 0.05) is 39.1 Å².